The van der Waals surface area contributed by atoms with E-state index in [1.54, 1.807) is 16.6 Å². The fraction of sp³-hybridized carbons (Fsp3) is 0.286. The Morgan fingerprint density at radius 1 is 1.23 bits per heavy atom. The van der Waals surface area contributed by atoms with Gasteiger partial charge in [0.15, 0.2) is 0 Å². The van der Waals surface area contributed by atoms with Gasteiger partial charge in [-0.1, -0.05) is 41.7 Å². The first-order chi connectivity index (χ1) is 10.4. The van der Waals surface area contributed by atoms with Crippen molar-refractivity contribution in [3.8, 4) is 0 Å². The van der Waals surface area contributed by atoms with E-state index in [4.69, 9.17) is 0 Å². The molecule has 0 amide bonds. The molecule has 0 spiro atoms. The van der Waals surface area contributed by atoms with Crippen molar-refractivity contribution in [2.45, 2.75) is 26.1 Å². The van der Waals surface area contributed by atoms with Gasteiger partial charge < -0.3 is 0 Å². The van der Waals surface area contributed by atoms with Crippen LogP contribution in [0.25, 0.3) is 4.96 Å². The lowest BCUT2D eigenvalue weighted by molar-refractivity contribution is 0.578. The minimum absolute atomic E-state index is 0.0368. The lowest BCUT2D eigenvalue weighted by Crippen LogP contribution is -2.25. The Balaban J connectivity index is 1.77. The number of fused-ring (bicyclic) bond motifs is 1. The van der Waals surface area contributed by atoms with E-state index in [9.17, 15) is 8.42 Å². The second-order valence-electron chi connectivity index (χ2n) is 5.03. The summed E-state index contributed by atoms with van der Waals surface area (Å²) in [4.78, 5) is 5.19. The summed E-state index contributed by atoms with van der Waals surface area (Å²) in [7, 11) is -3.40. The monoisotopic (exact) mass is 336 g/mol. The summed E-state index contributed by atoms with van der Waals surface area (Å²) in [6.07, 6.45) is 0. The predicted molar refractivity (Wildman–Crippen MR) is 86.2 cm³/mol. The van der Waals surface area contributed by atoms with E-state index in [1.807, 2.05) is 32.0 Å². The standard InChI is InChI=1S/C14H16N4O2S2/c1-10-13(18-14(16-10)21-11(2)17-18)8-15-22(19,20)9-12-6-4-3-5-7-12/h3-7,15H,8-9H2,1-2H3. The van der Waals surface area contributed by atoms with Gasteiger partial charge in [-0.2, -0.15) is 5.10 Å². The van der Waals surface area contributed by atoms with Crippen LogP contribution in [0.3, 0.4) is 0 Å². The Labute approximate surface area is 132 Å². The van der Waals surface area contributed by atoms with Gasteiger partial charge in [-0.05, 0) is 19.4 Å². The number of hydrogen-bond donors (Lipinski definition) is 1. The van der Waals surface area contributed by atoms with Crippen LogP contribution in [0.1, 0.15) is 22.0 Å². The summed E-state index contributed by atoms with van der Waals surface area (Å²) in [6.45, 7) is 3.95. The largest absolute Gasteiger partial charge is 0.223 e. The molecular formula is C14H16N4O2S2. The zero-order chi connectivity index (χ0) is 15.7. The van der Waals surface area contributed by atoms with Crippen molar-refractivity contribution in [3.05, 3.63) is 52.3 Å². The van der Waals surface area contributed by atoms with Crippen LogP contribution in [0.5, 0.6) is 0 Å². The average molecular weight is 336 g/mol. The smallest absolute Gasteiger partial charge is 0.216 e. The molecule has 3 rings (SSSR count). The summed E-state index contributed by atoms with van der Waals surface area (Å²) in [5.74, 6) is -0.0368. The number of nitrogens with zero attached hydrogens (tertiary/aromatic N) is 3. The Morgan fingerprint density at radius 2 is 1.95 bits per heavy atom. The van der Waals surface area contributed by atoms with Crippen molar-refractivity contribution in [3.63, 3.8) is 0 Å². The predicted octanol–water partition coefficient (Wildman–Crippen LogP) is 2.03. The van der Waals surface area contributed by atoms with Crippen LogP contribution in [0, 0.1) is 13.8 Å². The highest BCUT2D eigenvalue weighted by Gasteiger charge is 2.16. The number of sulfonamides is 1. The maximum Gasteiger partial charge on any atom is 0.216 e. The fourth-order valence-electron chi connectivity index (χ4n) is 2.21. The summed E-state index contributed by atoms with van der Waals surface area (Å²) >= 11 is 1.49. The van der Waals surface area contributed by atoms with Crippen LogP contribution in [-0.4, -0.2) is 23.0 Å². The van der Waals surface area contributed by atoms with E-state index >= 15 is 0 Å². The van der Waals surface area contributed by atoms with Crippen molar-refractivity contribution in [2.75, 3.05) is 0 Å². The molecule has 1 aromatic carbocycles. The number of aryl methyl sites for hydroxylation is 2. The summed E-state index contributed by atoms with van der Waals surface area (Å²) < 4.78 is 28.7. The molecule has 2 aromatic heterocycles. The van der Waals surface area contributed by atoms with Gasteiger partial charge in [0.25, 0.3) is 0 Å². The molecule has 3 aromatic rings. The number of aromatic nitrogens is 3. The summed E-state index contributed by atoms with van der Waals surface area (Å²) in [5.41, 5.74) is 2.33. The topological polar surface area (TPSA) is 76.4 Å². The third kappa shape index (κ3) is 3.18. The zero-order valence-corrected chi connectivity index (χ0v) is 13.9. The molecule has 22 heavy (non-hydrogen) atoms. The van der Waals surface area contributed by atoms with Gasteiger partial charge in [0.1, 0.15) is 5.01 Å². The van der Waals surface area contributed by atoms with E-state index in [-0.39, 0.29) is 12.3 Å². The number of benzene rings is 1. The molecule has 0 aliphatic heterocycles. The van der Waals surface area contributed by atoms with Gasteiger partial charge in [-0.3, -0.25) is 0 Å². The lowest BCUT2D eigenvalue weighted by Gasteiger charge is -2.06. The fourth-order valence-corrected chi connectivity index (χ4v) is 4.11. The molecule has 0 fully saturated rings. The van der Waals surface area contributed by atoms with Crippen LogP contribution in [0.15, 0.2) is 30.3 Å². The first-order valence-corrected chi connectivity index (χ1v) is 9.24. The third-order valence-corrected chi connectivity index (χ3v) is 5.38. The first kappa shape index (κ1) is 15.1. The van der Waals surface area contributed by atoms with Crippen molar-refractivity contribution < 1.29 is 8.42 Å². The molecule has 1 N–H and O–H groups in total. The highest BCUT2D eigenvalue weighted by molar-refractivity contribution is 7.88. The van der Waals surface area contributed by atoms with Gasteiger partial charge >= 0.3 is 0 Å². The van der Waals surface area contributed by atoms with Crippen LogP contribution in [0.4, 0.5) is 0 Å². The Bertz CT molecular complexity index is 898. The normalized spacial score (nSPS) is 12.1. The lowest BCUT2D eigenvalue weighted by atomic mass is 10.2. The molecular weight excluding hydrogens is 320 g/mol. The molecule has 0 saturated heterocycles. The Morgan fingerprint density at radius 3 is 2.68 bits per heavy atom. The van der Waals surface area contributed by atoms with Gasteiger partial charge in [0.2, 0.25) is 15.0 Å². The number of hydrogen-bond acceptors (Lipinski definition) is 5. The van der Waals surface area contributed by atoms with Crippen LogP contribution < -0.4 is 4.72 Å². The number of imidazole rings is 1. The van der Waals surface area contributed by atoms with Gasteiger partial charge in [-0.15, -0.1) is 0 Å². The third-order valence-electron chi connectivity index (χ3n) is 3.26. The van der Waals surface area contributed by atoms with Crippen LogP contribution in [0.2, 0.25) is 0 Å². The van der Waals surface area contributed by atoms with Crippen molar-refractivity contribution >= 4 is 26.3 Å². The highest BCUT2D eigenvalue weighted by Crippen LogP contribution is 2.18. The van der Waals surface area contributed by atoms with E-state index in [1.165, 1.54) is 11.3 Å². The molecule has 0 saturated carbocycles. The maximum atomic E-state index is 12.2. The van der Waals surface area contributed by atoms with Crippen molar-refractivity contribution in [1.29, 1.82) is 0 Å². The quantitative estimate of drug-likeness (QED) is 0.773. The van der Waals surface area contributed by atoms with E-state index in [2.05, 4.69) is 14.8 Å². The van der Waals surface area contributed by atoms with Crippen molar-refractivity contribution in [1.82, 2.24) is 19.3 Å². The minimum atomic E-state index is -3.40. The maximum absolute atomic E-state index is 12.2. The average Bonchev–Trinajstić information content (AvgIpc) is 2.92. The molecule has 0 bridgehead atoms. The van der Waals surface area contributed by atoms with Crippen LogP contribution in [-0.2, 0) is 22.3 Å². The second kappa shape index (κ2) is 5.79. The summed E-state index contributed by atoms with van der Waals surface area (Å²) in [5, 5.41) is 5.26. The van der Waals surface area contributed by atoms with E-state index in [0.717, 1.165) is 26.9 Å². The van der Waals surface area contributed by atoms with Gasteiger partial charge in [-0.25, -0.2) is 22.6 Å². The molecule has 0 unspecified atom stereocenters. The number of nitrogens with one attached hydrogen (secondary N) is 1. The molecule has 6 nitrogen and oxygen atoms in total. The number of rotatable bonds is 5. The molecule has 2 heterocycles. The van der Waals surface area contributed by atoms with Gasteiger partial charge in [0.05, 0.1) is 23.7 Å². The zero-order valence-electron chi connectivity index (χ0n) is 12.3. The molecule has 116 valence electrons. The second-order valence-corrected chi connectivity index (χ2v) is 7.99. The molecule has 0 radical (unpaired) electrons. The summed E-state index contributed by atoms with van der Waals surface area (Å²) in [6, 6.07) is 9.11. The van der Waals surface area contributed by atoms with E-state index in [0.29, 0.717) is 0 Å². The highest BCUT2D eigenvalue weighted by atomic mass is 32.2. The minimum Gasteiger partial charge on any atom is -0.223 e. The Hall–Kier alpha value is -1.77. The van der Waals surface area contributed by atoms with Crippen LogP contribution >= 0.6 is 11.3 Å². The van der Waals surface area contributed by atoms with Crippen molar-refractivity contribution in [2.24, 2.45) is 0 Å². The van der Waals surface area contributed by atoms with E-state index < -0.39 is 10.0 Å². The first-order valence-electron chi connectivity index (χ1n) is 6.77. The van der Waals surface area contributed by atoms with Gasteiger partial charge in [0, 0.05) is 0 Å². The Kier molecular flexibility index (Phi) is 3.98. The SMILES string of the molecule is Cc1nn2c(CNS(=O)(=O)Cc3ccccc3)c(C)nc2s1. The molecule has 8 heteroatoms. The molecule has 0 atom stereocenters. The molecule has 0 aliphatic rings. The molecule has 0 aliphatic carbocycles.